The van der Waals surface area contributed by atoms with Crippen molar-refractivity contribution in [1.29, 1.82) is 0 Å². The van der Waals surface area contributed by atoms with Crippen LogP contribution in [0, 0.1) is 0 Å². The van der Waals surface area contributed by atoms with Crippen LogP contribution in [0.3, 0.4) is 0 Å². The van der Waals surface area contributed by atoms with Crippen molar-refractivity contribution in [3.8, 4) is 56.9 Å². The van der Waals surface area contributed by atoms with Crippen LogP contribution in [0.2, 0.25) is 0 Å². The Hall–Kier alpha value is -5.88. The number of aromatic nitrogens is 4. The van der Waals surface area contributed by atoms with Crippen molar-refractivity contribution >= 4 is 21.5 Å². The number of benzene rings is 6. The molecule has 0 radical (unpaired) electrons. The molecule has 1 aliphatic carbocycles. The highest BCUT2D eigenvalue weighted by Crippen LogP contribution is 2.56. The molecule has 0 bridgehead atoms. The Labute approximate surface area is 348 Å². The lowest BCUT2D eigenvalue weighted by Gasteiger charge is -2.33. The van der Waals surface area contributed by atoms with Gasteiger partial charge in [-0.3, -0.25) is 0 Å². The molecule has 0 spiro atoms. The van der Waals surface area contributed by atoms with Crippen LogP contribution in [0.15, 0.2) is 130 Å². The molecule has 8 aromatic rings. The van der Waals surface area contributed by atoms with Crippen molar-refractivity contribution in [2.45, 2.75) is 109 Å². The third kappa shape index (κ3) is 7.73. The van der Waals surface area contributed by atoms with Gasteiger partial charge in [-0.15, -0.1) is 20.4 Å². The second kappa shape index (κ2) is 17.5. The van der Waals surface area contributed by atoms with Gasteiger partial charge in [-0.1, -0.05) is 176 Å². The van der Waals surface area contributed by atoms with E-state index < -0.39 is 0 Å². The summed E-state index contributed by atoms with van der Waals surface area (Å²) >= 11 is 0. The Kier molecular flexibility index (Phi) is 11.5. The average molecular weight is 779 g/mol. The molecule has 0 N–H and O–H groups in total. The lowest BCUT2D eigenvalue weighted by atomic mass is 9.70. The summed E-state index contributed by atoms with van der Waals surface area (Å²) < 4.78 is 13.1. The Morgan fingerprint density at radius 1 is 0.390 bits per heavy atom. The molecular weight excluding hydrogens is 725 g/mol. The first-order valence-electron chi connectivity index (χ1n) is 22.1. The van der Waals surface area contributed by atoms with Crippen LogP contribution in [0.1, 0.15) is 115 Å². The fourth-order valence-corrected chi connectivity index (χ4v) is 9.56. The van der Waals surface area contributed by atoms with Gasteiger partial charge in [0.05, 0.1) is 0 Å². The van der Waals surface area contributed by atoms with Crippen LogP contribution < -0.4 is 0 Å². The maximum atomic E-state index is 6.53. The van der Waals surface area contributed by atoms with Crippen molar-refractivity contribution < 1.29 is 8.83 Å². The highest BCUT2D eigenvalue weighted by Gasteiger charge is 2.43. The second-order valence-electron chi connectivity index (χ2n) is 16.5. The first kappa shape index (κ1) is 38.6. The van der Waals surface area contributed by atoms with E-state index in [4.69, 9.17) is 8.83 Å². The summed E-state index contributed by atoms with van der Waals surface area (Å²) in [6, 6.07) is 42.9. The number of rotatable bonds is 18. The van der Waals surface area contributed by atoms with Gasteiger partial charge >= 0.3 is 0 Å². The molecule has 9 rings (SSSR count). The van der Waals surface area contributed by atoms with E-state index in [-0.39, 0.29) is 5.41 Å². The highest BCUT2D eigenvalue weighted by atomic mass is 16.4. The van der Waals surface area contributed by atoms with Crippen LogP contribution in [0.4, 0.5) is 0 Å². The van der Waals surface area contributed by atoms with Crippen molar-refractivity contribution in [2.24, 2.45) is 0 Å². The quantitative estimate of drug-likeness (QED) is 0.0807. The van der Waals surface area contributed by atoms with Crippen molar-refractivity contribution in [2.75, 3.05) is 0 Å². The van der Waals surface area contributed by atoms with E-state index in [9.17, 15) is 0 Å². The van der Waals surface area contributed by atoms with E-state index in [0.717, 1.165) is 56.6 Å². The smallest absolute Gasteiger partial charge is 0.248 e. The predicted molar refractivity (Wildman–Crippen MR) is 241 cm³/mol. The van der Waals surface area contributed by atoms with Gasteiger partial charge in [-0.25, -0.2) is 0 Å². The molecule has 0 unspecified atom stereocenters. The molecule has 2 aromatic heterocycles. The van der Waals surface area contributed by atoms with Crippen LogP contribution in [-0.4, -0.2) is 20.4 Å². The highest BCUT2D eigenvalue weighted by molar-refractivity contribution is 5.96. The summed E-state index contributed by atoms with van der Waals surface area (Å²) in [5.74, 6) is 2.18. The molecule has 0 aliphatic heterocycles. The zero-order valence-electron chi connectivity index (χ0n) is 34.6. The third-order valence-electron chi connectivity index (χ3n) is 12.7. The normalized spacial score (nSPS) is 13.0. The number of nitrogens with zero attached hydrogens (tertiary/aromatic N) is 4. The summed E-state index contributed by atoms with van der Waals surface area (Å²) in [5.41, 5.74) is 8.98. The Morgan fingerprint density at radius 3 is 1.27 bits per heavy atom. The molecule has 0 saturated carbocycles. The molecule has 59 heavy (non-hydrogen) atoms. The number of fused-ring (bicyclic) bond motifs is 5. The molecular formula is C53H54N4O2. The number of hydrogen-bond acceptors (Lipinski definition) is 6. The van der Waals surface area contributed by atoms with Gasteiger partial charge in [-0.05, 0) is 93.0 Å². The lowest BCUT2D eigenvalue weighted by Crippen LogP contribution is -2.25. The predicted octanol–water partition coefficient (Wildman–Crippen LogP) is 15.2. The fraction of sp³-hybridized carbons (Fsp3) is 0.321. The Morgan fingerprint density at radius 2 is 0.797 bits per heavy atom. The summed E-state index contributed by atoms with van der Waals surface area (Å²) in [4.78, 5) is 0. The van der Waals surface area contributed by atoms with Gasteiger partial charge in [0.15, 0.2) is 0 Å². The van der Waals surface area contributed by atoms with Crippen molar-refractivity contribution in [3.05, 3.63) is 132 Å². The van der Waals surface area contributed by atoms with Crippen LogP contribution in [-0.2, 0) is 5.41 Å². The van der Waals surface area contributed by atoms with E-state index >= 15 is 0 Å². The lowest BCUT2D eigenvalue weighted by molar-refractivity contribution is 0.398. The minimum Gasteiger partial charge on any atom is -0.416 e. The largest absolute Gasteiger partial charge is 0.416 e. The minimum absolute atomic E-state index is 0.177. The monoisotopic (exact) mass is 778 g/mol. The van der Waals surface area contributed by atoms with Crippen LogP contribution >= 0.6 is 0 Å². The topological polar surface area (TPSA) is 77.8 Å². The van der Waals surface area contributed by atoms with Gasteiger partial charge in [-0.2, -0.15) is 0 Å². The van der Waals surface area contributed by atoms with Gasteiger partial charge in [0, 0.05) is 27.7 Å². The Balaban J connectivity index is 1.11. The van der Waals surface area contributed by atoms with Crippen molar-refractivity contribution in [1.82, 2.24) is 20.4 Å². The molecule has 6 nitrogen and oxygen atoms in total. The fourth-order valence-electron chi connectivity index (χ4n) is 9.56. The van der Waals surface area contributed by atoms with E-state index in [1.54, 1.807) is 0 Å². The van der Waals surface area contributed by atoms with E-state index in [1.807, 2.05) is 0 Å². The van der Waals surface area contributed by atoms with Gasteiger partial charge in [0.25, 0.3) is 0 Å². The molecule has 0 fully saturated rings. The maximum Gasteiger partial charge on any atom is 0.248 e. The maximum absolute atomic E-state index is 6.53. The summed E-state index contributed by atoms with van der Waals surface area (Å²) in [6.45, 7) is 4.58. The molecule has 1 aliphatic rings. The Bertz CT molecular complexity index is 2490. The zero-order chi connectivity index (χ0) is 40.0. The summed E-state index contributed by atoms with van der Waals surface area (Å²) in [5, 5.41) is 23.0. The first-order chi connectivity index (χ1) is 29.2. The van der Waals surface area contributed by atoms with Gasteiger partial charge < -0.3 is 8.83 Å². The molecule has 6 heteroatoms. The van der Waals surface area contributed by atoms with Gasteiger partial charge in [0.1, 0.15) is 0 Å². The summed E-state index contributed by atoms with van der Waals surface area (Å²) in [6.07, 6.45) is 17.2. The SMILES string of the molecule is CCCCCCCCC1(CCCCCCCC)c2cc(-c3nnc(-c4cccc5ccccc45)o3)ccc2-c2ccc(-c3nnc(-c4cccc5ccccc45)o3)cc21. The average Bonchev–Trinajstić information content (AvgIpc) is 4.04. The van der Waals surface area contributed by atoms with E-state index in [0.29, 0.717) is 23.6 Å². The van der Waals surface area contributed by atoms with E-state index in [1.165, 1.54) is 99.3 Å². The molecule has 0 saturated heterocycles. The first-order valence-corrected chi connectivity index (χ1v) is 22.1. The number of hydrogen-bond donors (Lipinski definition) is 0. The molecule has 6 aromatic carbocycles. The van der Waals surface area contributed by atoms with Crippen LogP contribution in [0.5, 0.6) is 0 Å². The zero-order valence-corrected chi connectivity index (χ0v) is 34.6. The molecule has 0 atom stereocenters. The number of unbranched alkanes of at least 4 members (excludes halogenated alkanes) is 10. The summed E-state index contributed by atoms with van der Waals surface area (Å²) in [7, 11) is 0. The van der Waals surface area contributed by atoms with Crippen LogP contribution in [0.25, 0.3) is 78.5 Å². The standard InChI is InChI=1S/C53H54N4O2/c1-3-5-7-9-11-17-33-53(34-18-12-10-8-6-4-2)47-35-39(49-54-56-51(58-49)45-27-19-23-37-21-13-15-25-41(37)45)29-31-43(47)44-32-30-40(36-48(44)53)50-55-57-52(59-50)46-28-20-24-38-22-14-16-26-42(38)46/h13-16,19-32,35-36H,3-12,17-18,33-34H2,1-2H3. The third-order valence-corrected chi connectivity index (χ3v) is 12.7. The van der Waals surface area contributed by atoms with Crippen molar-refractivity contribution in [3.63, 3.8) is 0 Å². The minimum atomic E-state index is -0.177. The second-order valence-corrected chi connectivity index (χ2v) is 16.5. The molecule has 2 heterocycles. The molecule has 0 amide bonds. The van der Waals surface area contributed by atoms with E-state index in [2.05, 4.69) is 156 Å². The molecule has 298 valence electrons. The van der Waals surface area contributed by atoms with Gasteiger partial charge in [0.2, 0.25) is 23.6 Å².